The molecule has 0 radical (unpaired) electrons. The van der Waals surface area contributed by atoms with Crippen LogP contribution in [0.2, 0.25) is 0 Å². The summed E-state index contributed by atoms with van der Waals surface area (Å²) >= 11 is 3.52. The molecule has 0 heterocycles. The van der Waals surface area contributed by atoms with Crippen molar-refractivity contribution in [2.75, 3.05) is 12.3 Å². The molecular weight excluding hydrogens is 438 g/mol. The first-order valence-corrected chi connectivity index (χ1v) is 15.0. The Morgan fingerprint density at radius 3 is 1.83 bits per heavy atom. The number of allylic oxidation sites excluding steroid dienone is 3. The van der Waals surface area contributed by atoms with Crippen LogP contribution in [0.5, 0.6) is 0 Å². The van der Waals surface area contributed by atoms with Crippen LogP contribution in [0.3, 0.4) is 0 Å². The number of aliphatic hydroxyl groups is 1. The van der Waals surface area contributed by atoms with E-state index in [1.165, 1.54) is 22.3 Å². The van der Waals surface area contributed by atoms with Crippen molar-refractivity contribution in [3.63, 3.8) is 0 Å². The van der Waals surface area contributed by atoms with Crippen LogP contribution >= 0.6 is 5.51 Å². The summed E-state index contributed by atoms with van der Waals surface area (Å²) in [4.78, 5) is 0. The normalized spacial score (nSPS) is 13.2. The molecule has 0 fully saturated rings. The van der Waals surface area contributed by atoms with Crippen LogP contribution in [-0.4, -0.2) is 38.4 Å². The van der Waals surface area contributed by atoms with Gasteiger partial charge in [0.1, 0.15) is 0 Å². The molecule has 2 aromatic rings. The number of aryl methyl sites for hydroxylation is 2. The predicted octanol–water partition coefficient (Wildman–Crippen LogP) is 6.58. The summed E-state index contributed by atoms with van der Waals surface area (Å²) in [5.41, 5.74) is 3.69. The SMILES string of the molecule is CC(C)=CCC/C(C)=C\C(O)P(=[Se])(CCc1ccccc1)CCc1ccccc1. The first kappa shape index (κ1) is 24.1. The van der Waals surface area contributed by atoms with Gasteiger partial charge in [0.15, 0.2) is 0 Å². The first-order valence-electron chi connectivity index (χ1n) is 10.5. The number of hydrogen-bond donors (Lipinski definition) is 1. The molecule has 1 N–H and O–H groups in total. The average Bonchev–Trinajstić information content (AvgIpc) is 2.72. The zero-order valence-corrected chi connectivity index (χ0v) is 20.7. The van der Waals surface area contributed by atoms with Crippen LogP contribution < -0.4 is 0 Å². The van der Waals surface area contributed by atoms with Gasteiger partial charge in [-0.2, -0.15) is 0 Å². The van der Waals surface area contributed by atoms with Gasteiger partial charge < -0.3 is 0 Å². The molecule has 0 aliphatic carbocycles. The Kier molecular flexibility index (Phi) is 10.4. The quantitative estimate of drug-likeness (QED) is 0.222. The van der Waals surface area contributed by atoms with E-state index < -0.39 is 5.51 Å². The van der Waals surface area contributed by atoms with E-state index in [2.05, 4.69) is 109 Å². The Labute approximate surface area is 185 Å². The summed E-state index contributed by atoms with van der Waals surface area (Å²) in [6.45, 7) is 6.43. The van der Waals surface area contributed by atoms with Crippen molar-refractivity contribution in [1.82, 2.24) is 0 Å². The minimum absolute atomic E-state index is 0.373. The van der Waals surface area contributed by atoms with Crippen LogP contribution in [-0.2, 0) is 12.8 Å². The van der Waals surface area contributed by atoms with E-state index in [-0.39, 0.29) is 5.85 Å². The van der Waals surface area contributed by atoms with Crippen molar-refractivity contribution in [1.29, 1.82) is 0 Å². The summed E-state index contributed by atoms with van der Waals surface area (Å²) in [6, 6.07) is 21.3. The van der Waals surface area contributed by atoms with Gasteiger partial charge in [0.25, 0.3) is 0 Å². The molecule has 1 nitrogen and oxygen atoms in total. The fraction of sp³-hybridized carbons (Fsp3) is 0.385. The molecule has 0 bridgehead atoms. The van der Waals surface area contributed by atoms with Crippen molar-refractivity contribution in [3.8, 4) is 0 Å². The molecule has 0 spiro atoms. The van der Waals surface area contributed by atoms with E-state index in [4.69, 9.17) is 0 Å². The third kappa shape index (κ3) is 9.02. The molecule has 2 aromatic carbocycles. The molecule has 0 aliphatic heterocycles. The Morgan fingerprint density at radius 2 is 1.38 bits per heavy atom. The Hall–Kier alpha value is -1.17. The van der Waals surface area contributed by atoms with Gasteiger partial charge in [-0.1, -0.05) is 0 Å². The molecule has 1 unspecified atom stereocenters. The minimum atomic E-state index is -1.66. The van der Waals surface area contributed by atoms with Gasteiger partial charge in [0, 0.05) is 0 Å². The van der Waals surface area contributed by atoms with Crippen LogP contribution in [0, 0.1) is 0 Å². The standard InChI is InChI=1S/C26H35OPSe/c1-22(2)11-10-12-23(3)21-26(27)28(29,19-17-24-13-6-4-7-14-24)20-18-25-15-8-5-9-16-25/h4-9,11,13-16,21,26-27H,10,12,17-20H2,1-3H3/b23-21-. The Balaban J connectivity index is 2.10. The second kappa shape index (κ2) is 12.5. The summed E-state index contributed by atoms with van der Waals surface area (Å²) in [5.74, 6) is -0.373. The maximum absolute atomic E-state index is 11.2. The monoisotopic (exact) mass is 474 g/mol. The van der Waals surface area contributed by atoms with E-state index in [0.717, 1.165) is 38.0 Å². The zero-order chi connectivity index (χ0) is 21.1. The third-order valence-electron chi connectivity index (χ3n) is 5.25. The van der Waals surface area contributed by atoms with Crippen molar-refractivity contribution < 1.29 is 5.11 Å². The van der Waals surface area contributed by atoms with Gasteiger partial charge in [0.05, 0.1) is 0 Å². The molecule has 2 rings (SSSR count). The molecule has 1 atom stereocenters. The fourth-order valence-corrected chi connectivity index (χ4v) is 7.45. The molecule has 0 saturated carbocycles. The second-order valence-electron chi connectivity index (χ2n) is 8.12. The Morgan fingerprint density at radius 1 is 0.897 bits per heavy atom. The van der Waals surface area contributed by atoms with Crippen molar-refractivity contribution in [2.24, 2.45) is 0 Å². The van der Waals surface area contributed by atoms with Crippen molar-refractivity contribution in [3.05, 3.63) is 95.1 Å². The number of hydrogen-bond acceptors (Lipinski definition) is 1. The summed E-state index contributed by atoms with van der Waals surface area (Å²) in [7, 11) is 0. The van der Waals surface area contributed by atoms with Crippen LogP contribution in [0.15, 0.2) is 84.0 Å². The maximum atomic E-state index is 11.2. The topological polar surface area (TPSA) is 20.2 Å². The summed E-state index contributed by atoms with van der Waals surface area (Å²) in [5, 5.41) is 11.2. The molecular formula is C26H35OPSe. The van der Waals surface area contributed by atoms with Gasteiger partial charge in [-0.25, -0.2) is 0 Å². The fourth-order valence-electron chi connectivity index (χ4n) is 3.36. The third-order valence-corrected chi connectivity index (χ3v) is 12.0. The Bertz CT molecular complexity index is 788. The molecule has 3 heteroatoms. The predicted molar refractivity (Wildman–Crippen MR) is 131 cm³/mol. The van der Waals surface area contributed by atoms with Crippen LogP contribution in [0.1, 0.15) is 44.7 Å². The second-order valence-corrected chi connectivity index (χ2v) is 16.0. The van der Waals surface area contributed by atoms with Gasteiger partial charge in [0.2, 0.25) is 0 Å². The average molecular weight is 473 g/mol. The van der Waals surface area contributed by atoms with Crippen molar-refractivity contribution in [2.45, 2.75) is 52.3 Å². The number of rotatable bonds is 11. The summed E-state index contributed by atoms with van der Waals surface area (Å²) in [6.07, 6.45) is 10.5. The van der Waals surface area contributed by atoms with Gasteiger partial charge >= 0.3 is 185 Å². The van der Waals surface area contributed by atoms with Gasteiger partial charge in [-0.3, -0.25) is 0 Å². The van der Waals surface area contributed by atoms with Crippen LogP contribution in [0.25, 0.3) is 0 Å². The molecule has 0 saturated heterocycles. The molecule has 29 heavy (non-hydrogen) atoms. The number of aliphatic hydroxyl groups excluding tert-OH is 1. The van der Waals surface area contributed by atoms with E-state index in [1.807, 2.05) is 0 Å². The van der Waals surface area contributed by atoms with Gasteiger partial charge in [-0.15, -0.1) is 0 Å². The van der Waals surface area contributed by atoms with E-state index in [1.54, 1.807) is 0 Å². The molecule has 156 valence electrons. The first-order chi connectivity index (χ1) is 13.9. The molecule has 0 aromatic heterocycles. The van der Waals surface area contributed by atoms with E-state index >= 15 is 0 Å². The number of benzene rings is 2. The van der Waals surface area contributed by atoms with E-state index in [9.17, 15) is 5.11 Å². The summed E-state index contributed by atoms with van der Waals surface area (Å²) < 4.78 is 0. The van der Waals surface area contributed by atoms with Crippen molar-refractivity contribution >= 4 is 20.6 Å². The molecule has 0 aliphatic rings. The molecule has 0 amide bonds. The zero-order valence-electron chi connectivity index (χ0n) is 18.1. The van der Waals surface area contributed by atoms with Gasteiger partial charge in [-0.05, 0) is 0 Å². The van der Waals surface area contributed by atoms with Crippen LogP contribution in [0.4, 0.5) is 0 Å². The van der Waals surface area contributed by atoms with E-state index in [0.29, 0.717) is 0 Å².